The zero-order chi connectivity index (χ0) is 14.5. The van der Waals surface area contributed by atoms with Gasteiger partial charge in [0.15, 0.2) is 0 Å². The molecule has 5 heterocycles. The zero-order valence-electron chi connectivity index (χ0n) is 10.9. The number of aromatic nitrogens is 4. The van der Waals surface area contributed by atoms with Gasteiger partial charge >= 0.3 is 0 Å². The SMILES string of the molecule is c1csc(C2=S=C(c3cccs3)c3nc4nsnc4nc32)c1. The monoisotopic (exact) mass is 358 g/mol. The van der Waals surface area contributed by atoms with Gasteiger partial charge in [0.1, 0.15) is 11.4 Å². The Balaban J connectivity index is 1.85. The van der Waals surface area contributed by atoms with Crippen LogP contribution in [0.4, 0.5) is 0 Å². The van der Waals surface area contributed by atoms with E-state index in [0.29, 0.717) is 11.3 Å². The summed E-state index contributed by atoms with van der Waals surface area (Å²) in [6, 6.07) is 8.37. The lowest BCUT2D eigenvalue weighted by Gasteiger charge is -2.02. The summed E-state index contributed by atoms with van der Waals surface area (Å²) in [7, 11) is 1.75. The van der Waals surface area contributed by atoms with Gasteiger partial charge in [-0.15, -0.1) is 33.6 Å². The molecule has 0 aliphatic carbocycles. The molecule has 4 aromatic heterocycles. The van der Waals surface area contributed by atoms with Gasteiger partial charge in [0.2, 0.25) is 11.3 Å². The van der Waals surface area contributed by atoms with Crippen molar-refractivity contribution in [1.29, 1.82) is 0 Å². The minimum atomic E-state index is 0.630. The summed E-state index contributed by atoms with van der Waals surface area (Å²) in [4.78, 5) is 14.2. The fraction of sp³-hybridized carbons (Fsp3) is 0. The summed E-state index contributed by atoms with van der Waals surface area (Å²) in [6.07, 6.45) is 0. The van der Waals surface area contributed by atoms with Crippen molar-refractivity contribution in [2.45, 2.75) is 0 Å². The van der Waals surface area contributed by atoms with Gasteiger partial charge in [-0.3, -0.25) is 0 Å². The number of fused-ring (bicyclic) bond motifs is 2. The number of thiophene rings is 2. The van der Waals surface area contributed by atoms with Crippen LogP contribution in [0.5, 0.6) is 0 Å². The van der Waals surface area contributed by atoms with Gasteiger partial charge in [0.25, 0.3) is 0 Å². The van der Waals surface area contributed by atoms with E-state index in [1.54, 1.807) is 33.6 Å². The second kappa shape index (κ2) is 4.88. The minimum Gasteiger partial charge on any atom is -0.221 e. The van der Waals surface area contributed by atoms with E-state index in [4.69, 9.17) is 9.97 Å². The highest BCUT2D eigenvalue weighted by Gasteiger charge is 2.26. The van der Waals surface area contributed by atoms with E-state index in [1.165, 1.54) is 9.75 Å². The van der Waals surface area contributed by atoms with Crippen LogP contribution in [0.1, 0.15) is 21.1 Å². The summed E-state index contributed by atoms with van der Waals surface area (Å²) < 4.78 is 8.46. The first kappa shape index (κ1) is 12.8. The molecule has 1 aliphatic rings. The number of rotatable bonds is 2. The summed E-state index contributed by atoms with van der Waals surface area (Å²) >= 11 is 4.60. The summed E-state index contributed by atoms with van der Waals surface area (Å²) in [5.41, 5.74) is 3.11. The lowest BCUT2D eigenvalue weighted by molar-refractivity contribution is 1.22. The van der Waals surface area contributed by atoms with Gasteiger partial charge in [-0.2, -0.15) is 8.75 Å². The Morgan fingerprint density at radius 2 is 1.27 bits per heavy atom. The first-order valence-corrected chi connectivity index (χ1v) is 9.71. The standard InChI is InChI=1S/C14H6N4S4/c1-3-7(19-5-1)11-9-10(12(21-11)8-4-2-6-20-8)16-14-13(15-9)17-22-18-14/h1-6H. The highest BCUT2D eigenvalue weighted by atomic mass is 32.1. The van der Waals surface area contributed by atoms with Crippen LogP contribution in [0.2, 0.25) is 0 Å². The Hall–Kier alpha value is -1.74. The lowest BCUT2D eigenvalue weighted by Crippen LogP contribution is -2.08. The first-order valence-electron chi connectivity index (χ1n) is 6.41. The van der Waals surface area contributed by atoms with Crippen molar-refractivity contribution in [1.82, 2.24) is 18.7 Å². The molecule has 106 valence electrons. The minimum absolute atomic E-state index is 0.630. The summed E-state index contributed by atoms with van der Waals surface area (Å²) in [5.74, 6) is 0. The molecule has 0 bridgehead atoms. The molecule has 0 atom stereocenters. The Kier molecular flexibility index (Phi) is 2.83. The van der Waals surface area contributed by atoms with Crippen LogP contribution in [0.15, 0.2) is 35.0 Å². The highest BCUT2D eigenvalue weighted by Crippen LogP contribution is 2.29. The molecule has 0 unspecified atom stereocenters. The fourth-order valence-electron chi connectivity index (χ4n) is 2.30. The van der Waals surface area contributed by atoms with Crippen molar-refractivity contribution < 1.29 is 0 Å². The maximum Gasteiger partial charge on any atom is 0.213 e. The van der Waals surface area contributed by atoms with Crippen LogP contribution < -0.4 is 0 Å². The molecule has 0 aromatic carbocycles. The molecule has 0 amide bonds. The van der Waals surface area contributed by atoms with Crippen LogP contribution in [-0.4, -0.2) is 28.4 Å². The quantitative estimate of drug-likeness (QED) is 0.453. The molecule has 0 N–H and O–H groups in total. The molecule has 0 saturated carbocycles. The highest BCUT2D eigenvalue weighted by molar-refractivity contribution is 8.00. The third kappa shape index (κ3) is 1.85. The van der Waals surface area contributed by atoms with E-state index < -0.39 is 0 Å². The molecule has 0 radical (unpaired) electrons. The molecule has 4 aromatic rings. The largest absolute Gasteiger partial charge is 0.221 e. The van der Waals surface area contributed by atoms with Gasteiger partial charge in [-0.25, -0.2) is 9.97 Å². The molecule has 0 saturated heterocycles. The van der Waals surface area contributed by atoms with Gasteiger partial charge in [-0.05, 0) is 22.9 Å². The van der Waals surface area contributed by atoms with E-state index in [-0.39, 0.29) is 0 Å². The van der Waals surface area contributed by atoms with Crippen molar-refractivity contribution >= 4 is 66.4 Å². The van der Waals surface area contributed by atoms with E-state index in [2.05, 4.69) is 43.8 Å². The Labute approximate surface area is 141 Å². The Bertz CT molecular complexity index is 974. The molecular formula is C14H6N4S4. The number of hydrogen-bond acceptors (Lipinski definition) is 7. The second-order valence-electron chi connectivity index (χ2n) is 4.55. The summed E-state index contributed by atoms with van der Waals surface area (Å²) in [6.45, 7) is 0. The van der Waals surface area contributed by atoms with Crippen molar-refractivity contribution in [3.63, 3.8) is 0 Å². The van der Waals surface area contributed by atoms with Crippen LogP contribution in [0.25, 0.3) is 11.3 Å². The van der Waals surface area contributed by atoms with Crippen LogP contribution in [-0.2, 0) is 0 Å². The normalized spacial score (nSPS) is 13.6. The average Bonchev–Trinajstić information content (AvgIpc) is 3.29. The third-order valence-corrected chi connectivity index (χ3v) is 7.02. The predicted octanol–water partition coefficient (Wildman–Crippen LogP) is 3.49. The fourth-order valence-corrected chi connectivity index (χ4v) is 5.63. The molecule has 8 heteroatoms. The van der Waals surface area contributed by atoms with Crippen molar-refractivity contribution in [3.8, 4) is 0 Å². The number of hydrogen-bond donors (Lipinski definition) is 0. The topological polar surface area (TPSA) is 51.6 Å². The van der Waals surface area contributed by atoms with Gasteiger partial charge in [0.05, 0.1) is 21.5 Å². The Morgan fingerprint density at radius 1 is 0.727 bits per heavy atom. The smallest absolute Gasteiger partial charge is 0.213 e. The molecule has 0 fully saturated rings. The maximum absolute atomic E-state index is 4.72. The van der Waals surface area contributed by atoms with E-state index in [0.717, 1.165) is 32.8 Å². The zero-order valence-corrected chi connectivity index (χ0v) is 14.2. The number of nitrogens with zero attached hydrogens (tertiary/aromatic N) is 4. The molecule has 5 rings (SSSR count). The third-order valence-electron chi connectivity index (χ3n) is 3.24. The van der Waals surface area contributed by atoms with Crippen LogP contribution >= 0.6 is 45.3 Å². The van der Waals surface area contributed by atoms with Crippen LogP contribution in [0.3, 0.4) is 0 Å². The average molecular weight is 358 g/mol. The van der Waals surface area contributed by atoms with Gasteiger partial charge < -0.3 is 0 Å². The van der Waals surface area contributed by atoms with E-state index in [1.807, 2.05) is 0 Å². The summed E-state index contributed by atoms with van der Waals surface area (Å²) in [5, 5.41) is 4.17. The Morgan fingerprint density at radius 3 is 1.73 bits per heavy atom. The van der Waals surface area contributed by atoms with Crippen molar-refractivity contribution in [3.05, 3.63) is 56.2 Å². The van der Waals surface area contributed by atoms with Crippen molar-refractivity contribution in [2.75, 3.05) is 0 Å². The first-order chi connectivity index (χ1) is 10.9. The maximum atomic E-state index is 4.72. The lowest BCUT2D eigenvalue weighted by atomic mass is 10.1. The van der Waals surface area contributed by atoms with E-state index >= 15 is 0 Å². The molecule has 4 nitrogen and oxygen atoms in total. The molecule has 0 spiro atoms. The molecule has 22 heavy (non-hydrogen) atoms. The molecule has 1 aliphatic heterocycles. The van der Waals surface area contributed by atoms with Gasteiger partial charge in [0, 0.05) is 9.75 Å². The molecular weight excluding hydrogens is 352 g/mol. The predicted molar refractivity (Wildman–Crippen MR) is 95.7 cm³/mol. The van der Waals surface area contributed by atoms with Gasteiger partial charge in [-0.1, -0.05) is 12.1 Å². The van der Waals surface area contributed by atoms with E-state index in [9.17, 15) is 0 Å². The second-order valence-corrected chi connectivity index (χ2v) is 7.99. The van der Waals surface area contributed by atoms with Crippen molar-refractivity contribution in [2.24, 2.45) is 0 Å². The van der Waals surface area contributed by atoms with Crippen LogP contribution in [0, 0.1) is 0 Å².